The zero-order chi connectivity index (χ0) is 15.7. The summed E-state index contributed by atoms with van der Waals surface area (Å²) in [5.74, 6) is 0.485. The maximum absolute atomic E-state index is 9.09. The lowest BCUT2D eigenvalue weighted by Crippen LogP contribution is -2.32. The molecule has 0 saturated heterocycles. The molecule has 6 N–H and O–H groups in total. The first kappa shape index (κ1) is 14.6. The predicted molar refractivity (Wildman–Crippen MR) is 86.4 cm³/mol. The van der Waals surface area contributed by atoms with Crippen LogP contribution in [0.4, 0.5) is 11.4 Å². The number of nitrogens with two attached hydrogens (primary N) is 1. The Kier molecular flexibility index (Phi) is 3.89. The summed E-state index contributed by atoms with van der Waals surface area (Å²) in [4.78, 5) is 0. The van der Waals surface area contributed by atoms with Crippen molar-refractivity contribution >= 4 is 22.7 Å². The van der Waals surface area contributed by atoms with Crippen LogP contribution in [0.5, 0.6) is 0 Å². The molecular formula is C15H22N6O. The van der Waals surface area contributed by atoms with Crippen LogP contribution in [0.15, 0.2) is 18.5 Å². The molecule has 0 spiro atoms. The number of hydrogen-bond acceptors (Lipinski definition) is 5. The fourth-order valence-corrected chi connectivity index (χ4v) is 3.19. The third kappa shape index (κ3) is 2.59. The molecule has 0 amide bonds. The molecule has 0 aliphatic heterocycles. The lowest BCUT2D eigenvalue weighted by atomic mass is 9.85. The van der Waals surface area contributed by atoms with Gasteiger partial charge in [0.25, 0.3) is 0 Å². The highest BCUT2D eigenvalue weighted by atomic mass is 16.5. The van der Waals surface area contributed by atoms with E-state index in [-0.39, 0.29) is 5.84 Å². The summed E-state index contributed by atoms with van der Waals surface area (Å²) in [6, 6.07) is 2.18. The smallest absolute Gasteiger partial charge is 0.153 e. The number of nitrogen functional groups attached to an aromatic ring is 1. The van der Waals surface area contributed by atoms with Crippen LogP contribution >= 0.6 is 0 Å². The zero-order valence-electron chi connectivity index (χ0n) is 12.6. The third-order valence-electron chi connectivity index (χ3n) is 4.48. The van der Waals surface area contributed by atoms with E-state index in [1.54, 1.807) is 16.9 Å². The van der Waals surface area contributed by atoms with E-state index in [0.29, 0.717) is 23.2 Å². The van der Waals surface area contributed by atoms with Crippen molar-refractivity contribution in [2.45, 2.75) is 38.6 Å². The topological polar surface area (TPSA) is 111 Å². The second kappa shape index (κ2) is 5.84. The highest BCUT2D eigenvalue weighted by Gasteiger charge is 2.24. The molecule has 0 unspecified atom stereocenters. The Morgan fingerprint density at radius 2 is 2.23 bits per heavy atom. The first-order chi connectivity index (χ1) is 10.6. The van der Waals surface area contributed by atoms with Crippen molar-refractivity contribution < 1.29 is 5.21 Å². The van der Waals surface area contributed by atoms with Crippen LogP contribution in [0, 0.1) is 11.3 Å². The Balaban J connectivity index is 2.05. The first-order valence-electron chi connectivity index (χ1n) is 7.62. The minimum Gasteiger partial charge on any atom is -0.397 e. The maximum atomic E-state index is 9.09. The van der Waals surface area contributed by atoms with E-state index in [0.717, 1.165) is 17.6 Å². The largest absolute Gasteiger partial charge is 0.397 e. The van der Waals surface area contributed by atoms with Crippen molar-refractivity contribution in [3.8, 4) is 0 Å². The number of nitrogens with zero attached hydrogens (tertiary/aromatic N) is 2. The summed E-state index contributed by atoms with van der Waals surface area (Å²) < 4.78 is 1.69. The van der Waals surface area contributed by atoms with Crippen LogP contribution in [-0.2, 0) is 0 Å². The van der Waals surface area contributed by atoms with Crippen molar-refractivity contribution in [1.29, 1.82) is 5.41 Å². The Bertz CT molecular complexity index is 695. The lowest BCUT2D eigenvalue weighted by Gasteiger charge is -2.31. The van der Waals surface area contributed by atoms with Crippen molar-refractivity contribution in [2.24, 2.45) is 5.92 Å². The molecule has 2 atom stereocenters. The van der Waals surface area contributed by atoms with Gasteiger partial charge in [-0.1, -0.05) is 19.8 Å². The van der Waals surface area contributed by atoms with Gasteiger partial charge in [-0.15, -0.1) is 0 Å². The minimum atomic E-state index is -0.0827. The van der Waals surface area contributed by atoms with Gasteiger partial charge in [0.15, 0.2) is 5.84 Å². The molecule has 2 aromatic heterocycles. The molecular weight excluding hydrogens is 280 g/mol. The molecule has 1 saturated carbocycles. The molecule has 1 fully saturated rings. The zero-order valence-corrected chi connectivity index (χ0v) is 12.6. The molecule has 1 aliphatic rings. The number of aromatic nitrogens is 2. The van der Waals surface area contributed by atoms with E-state index in [4.69, 9.17) is 16.4 Å². The fourth-order valence-electron chi connectivity index (χ4n) is 3.19. The molecule has 0 aromatic carbocycles. The van der Waals surface area contributed by atoms with Gasteiger partial charge in [0.1, 0.15) is 0 Å². The van der Waals surface area contributed by atoms with Gasteiger partial charge in [0.2, 0.25) is 0 Å². The van der Waals surface area contributed by atoms with Crippen molar-refractivity contribution in [3.05, 3.63) is 24.0 Å². The molecule has 3 rings (SSSR count). The van der Waals surface area contributed by atoms with Gasteiger partial charge in [-0.25, -0.2) is 4.52 Å². The number of hydroxylamine groups is 1. The average molecular weight is 302 g/mol. The number of amidine groups is 1. The van der Waals surface area contributed by atoms with Gasteiger partial charge in [0.05, 0.1) is 34.8 Å². The van der Waals surface area contributed by atoms with E-state index in [1.165, 1.54) is 19.3 Å². The second-order valence-corrected chi connectivity index (χ2v) is 6.04. The quantitative estimate of drug-likeness (QED) is 0.339. The van der Waals surface area contributed by atoms with Gasteiger partial charge in [-0.05, 0) is 24.8 Å². The number of rotatable bonds is 3. The molecule has 1 aliphatic carbocycles. The average Bonchev–Trinajstić information content (AvgIpc) is 2.89. The lowest BCUT2D eigenvalue weighted by molar-refractivity contribution is 0.234. The fraction of sp³-hybridized carbons (Fsp3) is 0.467. The van der Waals surface area contributed by atoms with Gasteiger partial charge >= 0.3 is 0 Å². The Morgan fingerprint density at radius 3 is 2.95 bits per heavy atom. The van der Waals surface area contributed by atoms with E-state index < -0.39 is 0 Å². The highest BCUT2D eigenvalue weighted by Crippen LogP contribution is 2.31. The Labute approximate surface area is 129 Å². The van der Waals surface area contributed by atoms with E-state index >= 15 is 0 Å². The molecule has 22 heavy (non-hydrogen) atoms. The van der Waals surface area contributed by atoms with Gasteiger partial charge in [-0.3, -0.25) is 16.1 Å². The normalized spacial score (nSPS) is 21.7. The molecule has 0 radical (unpaired) electrons. The standard InChI is InChI=1S/C15H22N6O/c1-9-4-2-3-5-12(9)19-14-11(15(17)20-22)7-18-21-8-10(16)6-13(14)21/h6-9,12,19,22H,2-5,16H2,1H3,(H2,17,20)/t9-,12+/m1/s1. The van der Waals surface area contributed by atoms with Crippen molar-refractivity contribution in [1.82, 2.24) is 15.1 Å². The van der Waals surface area contributed by atoms with E-state index in [2.05, 4.69) is 17.3 Å². The molecule has 7 nitrogen and oxygen atoms in total. The number of hydrogen-bond donors (Lipinski definition) is 5. The monoisotopic (exact) mass is 302 g/mol. The Hall–Kier alpha value is -2.28. The van der Waals surface area contributed by atoms with Crippen LogP contribution < -0.4 is 16.5 Å². The summed E-state index contributed by atoms with van der Waals surface area (Å²) in [7, 11) is 0. The van der Waals surface area contributed by atoms with Crippen molar-refractivity contribution in [3.63, 3.8) is 0 Å². The van der Waals surface area contributed by atoms with Crippen LogP contribution in [0.25, 0.3) is 5.52 Å². The Morgan fingerprint density at radius 1 is 1.45 bits per heavy atom. The summed E-state index contributed by atoms with van der Waals surface area (Å²) in [6.07, 6.45) is 8.08. The first-order valence-corrected chi connectivity index (χ1v) is 7.62. The van der Waals surface area contributed by atoms with Gasteiger partial charge in [-0.2, -0.15) is 5.10 Å². The molecule has 7 heteroatoms. The van der Waals surface area contributed by atoms with Crippen molar-refractivity contribution in [2.75, 3.05) is 11.1 Å². The number of fused-ring (bicyclic) bond motifs is 1. The second-order valence-electron chi connectivity index (χ2n) is 6.04. The molecule has 118 valence electrons. The third-order valence-corrected chi connectivity index (χ3v) is 4.48. The number of nitrogens with one attached hydrogen (secondary N) is 3. The van der Waals surface area contributed by atoms with Crippen LogP contribution in [0.1, 0.15) is 38.2 Å². The summed E-state index contributed by atoms with van der Waals surface area (Å²) in [5, 5.41) is 24.8. The predicted octanol–water partition coefficient (Wildman–Crippen LogP) is 2.21. The van der Waals surface area contributed by atoms with Gasteiger partial charge < -0.3 is 11.1 Å². The highest BCUT2D eigenvalue weighted by molar-refractivity contribution is 6.04. The minimum absolute atomic E-state index is 0.0827. The summed E-state index contributed by atoms with van der Waals surface area (Å²) in [6.45, 7) is 2.25. The summed E-state index contributed by atoms with van der Waals surface area (Å²) in [5.41, 5.74) is 10.5. The van der Waals surface area contributed by atoms with Crippen LogP contribution in [-0.4, -0.2) is 26.7 Å². The number of anilines is 2. The maximum Gasteiger partial charge on any atom is 0.153 e. The van der Waals surface area contributed by atoms with Crippen LogP contribution in [0.3, 0.4) is 0 Å². The summed E-state index contributed by atoms with van der Waals surface area (Å²) >= 11 is 0. The van der Waals surface area contributed by atoms with Crippen LogP contribution in [0.2, 0.25) is 0 Å². The van der Waals surface area contributed by atoms with Gasteiger partial charge in [0, 0.05) is 6.04 Å². The molecule has 0 bridgehead atoms. The van der Waals surface area contributed by atoms with E-state index in [1.807, 2.05) is 11.5 Å². The molecule has 2 heterocycles. The van der Waals surface area contributed by atoms with E-state index in [9.17, 15) is 0 Å². The SMILES string of the molecule is C[C@@H]1CCCC[C@@H]1Nc1c(C(=N)NO)cnn2cc(N)cc12. The molecule has 2 aromatic rings.